The second-order valence-corrected chi connectivity index (χ2v) is 5.28. The molecule has 0 aliphatic heterocycles. The van der Waals surface area contributed by atoms with Crippen LogP contribution in [-0.2, 0) is 6.54 Å². The molecule has 0 aliphatic carbocycles. The Hall–Kier alpha value is -1.09. The molecule has 0 aliphatic rings. The van der Waals surface area contributed by atoms with Crippen molar-refractivity contribution in [1.82, 2.24) is 10.3 Å². The second-order valence-electron chi connectivity index (χ2n) is 5.28. The van der Waals surface area contributed by atoms with Gasteiger partial charge in [0.25, 0.3) is 0 Å². The number of hydrogen-bond acceptors (Lipinski definition) is 3. The van der Waals surface area contributed by atoms with Crippen LogP contribution < -0.4 is 10.2 Å². The summed E-state index contributed by atoms with van der Waals surface area (Å²) in [6.45, 7) is 11.9. The topological polar surface area (TPSA) is 28.2 Å². The van der Waals surface area contributed by atoms with Crippen LogP contribution in [0.2, 0.25) is 0 Å². The number of hydrogen-bond donors (Lipinski definition) is 1. The summed E-state index contributed by atoms with van der Waals surface area (Å²) in [5, 5.41) is 3.33. The van der Waals surface area contributed by atoms with E-state index in [0.717, 1.165) is 25.3 Å². The minimum Gasteiger partial charge on any atom is -0.369 e. The molecule has 1 rings (SSSR count). The summed E-state index contributed by atoms with van der Waals surface area (Å²) in [4.78, 5) is 6.90. The molecule has 0 unspecified atom stereocenters. The van der Waals surface area contributed by atoms with Crippen molar-refractivity contribution in [1.29, 1.82) is 0 Å². The van der Waals surface area contributed by atoms with E-state index < -0.39 is 0 Å². The molecular weight excluding hydrogens is 234 g/mol. The van der Waals surface area contributed by atoms with E-state index in [-0.39, 0.29) is 0 Å². The number of unbranched alkanes of at least 4 members (excludes halogenated alkanes) is 2. The highest BCUT2D eigenvalue weighted by atomic mass is 15.1. The zero-order valence-corrected chi connectivity index (χ0v) is 12.9. The number of pyridine rings is 1. The molecule has 0 spiro atoms. The highest BCUT2D eigenvalue weighted by Gasteiger charge is 2.10. The molecule has 0 amide bonds. The van der Waals surface area contributed by atoms with Gasteiger partial charge in [-0.3, -0.25) is 4.98 Å². The summed E-state index contributed by atoms with van der Waals surface area (Å²) >= 11 is 0. The summed E-state index contributed by atoms with van der Waals surface area (Å²) in [7, 11) is 0. The van der Waals surface area contributed by atoms with Crippen molar-refractivity contribution in [3.05, 3.63) is 24.0 Å². The zero-order chi connectivity index (χ0) is 14.1. The van der Waals surface area contributed by atoms with Crippen LogP contribution in [0.25, 0.3) is 0 Å². The van der Waals surface area contributed by atoms with Gasteiger partial charge in [-0.2, -0.15) is 0 Å². The van der Waals surface area contributed by atoms with Gasteiger partial charge in [0.15, 0.2) is 0 Å². The van der Waals surface area contributed by atoms with Crippen molar-refractivity contribution in [3.8, 4) is 0 Å². The van der Waals surface area contributed by atoms with Gasteiger partial charge in [0, 0.05) is 31.0 Å². The Morgan fingerprint density at radius 3 is 2.68 bits per heavy atom. The third-order valence-electron chi connectivity index (χ3n) is 3.31. The van der Waals surface area contributed by atoms with Gasteiger partial charge in [0.1, 0.15) is 0 Å². The number of anilines is 1. The van der Waals surface area contributed by atoms with E-state index in [1.807, 2.05) is 6.20 Å². The van der Waals surface area contributed by atoms with Gasteiger partial charge in [0.2, 0.25) is 0 Å². The van der Waals surface area contributed by atoms with Crippen LogP contribution in [0.15, 0.2) is 18.3 Å². The van der Waals surface area contributed by atoms with Gasteiger partial charge in [-0.15, -0.1) is 0 Å². The first-order chi connectivity index (χ1) is 9.19. The Morgan fingerprint density at radius 1 is 1.26 bits per heavy atom. The monoisotopic (exact) mass is 263 g/mol. The van der Waals surface area contributed by atoms with Crippen molar-refractivity contribution >= 4 is 5.69 Å². The van der Waals surface area contributed by atoms with E-state index in [4.69, 9.17) is 0 Å². The smallest absolute Gasteiger partial charge is 0.0562 e. The zero-order valence-electron chi connectivity index (χ0n) is 12.9. The highest BCUT2D eigenvalue weighted by molar-refractivity contribution is 5.47. The maximum atomic E-state index is 4.43. The minimum atomic E-state index is 0.534. The van der Waals surface area contributed by atoms with Crippen LogP contribution >= 0.6 is 0 Å². The third-order valence-corrected chi connectivity index (χ3v) is 3.31. The normalized spacial score (nSPS) is 11.0. The second kappa shape index (κ2) is 8.92. The third kappa shape index (κ3) is 5.60. The van der Waals surface area contributed by atoms with E-state index in [2.05, 4.69) is 55.0 Å². The molecule has 19 heavy (non-hydrogen) atoms. The molecule has 0 fully saturated rings. The highest BCUT2D eigenvalue weighted by Crippen LogP contribution is 2.18. The van der Waals surface area contributed by atoms with Crippen molar-refractivity contribution in [2.24, 2.45) is 0 Å². The maximum absolute atomic E-state index is 4.43. The van der Waals surface area contributed by atoms with Crippen LogP contribution in [-0.4, -0.2) is 24.1 Å². The van der Waals surface area contributed by atoms with Crippen LogP contribution in [0.1, 0.15) is 52.7 Å². The van der Waals surface area contributed by atoms with Crippen LogP contribution in [0.4, 0.5) is 5.69 Å². The number of rotatable bonds is 9. The quantitative estimate of drug-likeness (QED) is 0.690. The molecular formula is C16H29N3. The van der Waals surface area contributed by atoms with E-state index in [1.54, 1.807) is 0 Å². The fourth-order valence-corrected chi connectivity index (χ4v) is 2.21. The van der Waals surface area contributed by atoms with E-state index in [0.29, 0.717) is 6.04 Å². The van der Waals surface area contributed by atoms with Gasteiger partial charge in [-0.1, -0.05) is 26.7 Å². The molecule has 108 valence electrons. The Balaban J connectivity index is 2.71. The van der Waals surface area contributed by atoms with Gasteiger partial charge in [-0.05, 0) is 38.9 Å². The molecule has 3 nitrogen and oxygen atoms in total. The Kier molecular flexibility index (Phi) is 7.49. The molecule has 1 aromatic rings. The number of nitrogens with one attached hydrogen (secondary N) is 1. The summed E-state index contributed by atoms with van der Waals surface area (Å²) in [5.74, 6) is 0. The lowest BCUT2D eigenvalue weighted by Gasteiger charge is -2.29. The fraction of sp³-hybridized carbons (Fsp3) is 0.688. The standard InChI is InChI=1S/C16H29N3/c1-5-7-8-11-19(14(3)4)16-9-10-18-15(12-16)13-17-6-2/h9-10,12,14,17H,5-8,11,13H2,1-4H3. The van der Waals surface area contributed by atoms with Gasteiger partial charge >= 0.3 is 0 Å². The SMILES string of the molecule is CCCCCN(c1ccnc(CNCC)c1)C(C)C. The van der Waals surface area contributed by atoms with Gasteiger partial charge in [0.05, 0.1) is 5.69 Å². The molecule has 0 bridgehead atoms. The first-order valence-electron chi connectivity index (χ1n) is 7.61. The molecule has 0 radical (unpaired) electrons. The molecule has 0 aromatic carbocycles. The molecule has 0 atom stereocenters. The lowest BCUT2D eigenvalue weighted by molar-refractivity contribution is 0.624. The summed E-state index contributed by atoms with van der Waals surface area (Å²) in [6, 6.07) is 4.88. The Morgan fingerprint density at radius 2 is 2.05 bits per heavy atom. The first kappa shape index (κ1) is 16.0. The van der Waals surface area contributed by atoms with Crippen molar-refractivity contribution in [3.63, 3.8) is 0 Å². The summed E-state index contributed by atoms with van der Waals surface area (Å²) in [6.07, 6.45) is 5.77. The van der Waals surface area contributed by atoms with Crippen molar-refractivity contribution in [2.75, 3.05) is 18.0 Å². The van der Waals surface area contributed by atoms with E-state index in [1.165, 1.54) is 24.9 Å². The minimum absolute atomic E-state index is 0.534. The van der Waals surface area contributed by atoms with Crippen molar-refractivity contribution in [2.45, 2.75) is 59.5 Å². The van der Waals surface area contributed by atoms with E-state index >= 15 is 0 Å². The Labute approximate surface area is 118 Å². The predicted octanol–water partition coefficient (Wildman–Crippen LogP) is 3.60. The molecule has 1 N–H and O–H groups in total. The predicted molar refractivity (Wildman–Crippen MR) is 83.6 cm³/mol. The molecule has 1 aromatic heterocycles. The number of nitrogens with zero attached hydrogens (tertiary/aromatic N) is 2. The van der Waals surface area contributed by atoms with Crippen LogP contribution in [0, 0.1) is 0 Å². The molecule has 0 saturated heterocycles. The first-order valence-corrected chi connectivity index (χ1v) is 7.61. The van der Waals surface area contributed by atoms with Gasteiger partial charge < -0.3 is 10.2 Å². The molecule has 0 saturated carbocycles. The van der Waals surface area contributed by atoms with Crippen LogP contribution in [0.5, 0.6) is 0 Å². The van der Waals surface area contributed by atoms with Gasteiger partial charge in [-0.25, -0.2) is 0 Å². The lowest BCUT2D eigenvalue weighted by atomic mass is 10.2. The fourth-order valence-electron chi connectivity index (χ4n) is 2.21. The maximum Gasteiger partial charge on any atom is 0.0562 e. The number of aromatic nitrogens is 1. The Bertz CT molecular complexity index is 350. The molecule has 3 heteroatoms. The average molecular weight is 263 g/mol. The average Bonchev–Trinajstić information content (AvgIpc) is 2.41. The lowest BCUT2D eigenvalue weighted by Crippen LogP contribution is -2.32. The van der Waals surface area contributed by atoms with Crippen molar-refractivity contribution < 1.29 is 0 Å². The summed E-state index contributed by atoms with van der Waals surface area (Å²) in [5.41, 5.74) is 2.43. The summed E-state index contributed by atoms with van der Waals surface area (Å²) < 4.78 is 0. The largest absolute Gasteiger partial charge is 0.369 e. The molecule has 1 heterocycles. The van der Waals surface area contributed by atoms with Crippen LogP contribution in [0.3, 0.4) is 0 Å². The van der Waals surface area contributed by atoms with E-state index in [9.17, 15) is 0 Å².